The third kappa shape index (κ3) is 4.14. The van der Waals surface area contributed by atoms with Crippen LogP contribution in [0.4, 0.5) is 0 Å². The number of rotatable bonds is 5. The van der Waals surface area contributed by atoms with Crippen molar-refractivity contribution in [3.8, 4) is 0 Å². The first kappa shape index (κ1) is 17.8. The van der Waals surface area contributed by atoms with Crippen molar-refractivity contribution < 1.29 is 4.79 Å². The number of nitrogens with one attached hydrogen (secondary N) is 2. The zero-order valence-electron chi connectivity index (χ0n) is 15.5. The van der Waals surface area contributed by atoms with E-state index in [0.29, 0.717) is 11.0 Å². The lowest BCUT2D eigenvalue weighted by atomic mass is 9.68. The Bertz CT molecular complexity index is 636. The van der Waals surface area contributed by atoms with Crippen LogP contribution < -0.4 is 10.6 Å². The number of nitrogens with zero attached hydrogens (tertiary/aromatic N) is 2. The van der Waals surface area contributed by atoms with Crippen LogP contribution in [0.5, 0.6) is 0 Å². The van der Waals surface area contributed by atoms with Crippen molar-refractivity contribution in [2.45, 2.75) is 39.0 Å². The SMILES string of the molecule is CCNC(=NCCc1cccc(C(=O)NC)c1)N1CCC2(CCC2)C1. The second-order valence-corrected chi connectivity index (χ2v) is 7.29. The van der Waals surface area contributed by atoms with Gasteiger partial charge in [0.15, 0.2) is 5.96 Å². The van der Waals surface area contributed by atoms with Crippen molar-refractivity contribution in [2.75, 3.05) is 33.2 Å². The molecule has 1 aromatic carbocycles. The van der Waals surface area contributed by atoms with Gasteiger partial charge in [-0.2, -0.15) is 0 Å². The summed E-state index contributed by atoms with van der Waals surface area (Å²) in [6.45, 7) is 6.04. The Balaban J connectivity index is 1.59. The monoisotopic (exact) mass is 342 g/mol. The van der Waals surface area contributed by atoms with Crippen LogP contribution in [0.2, 0.25) is 0 Å². The van der Waals surface area contributed by atoms with Crippen molar-refractivity contribution in [1.82, 2.24) is 15.5 Å². The Hall–Kier alpha value is -2.04. The van der Waals surface area contributed by atoms with Crippen LogP contribution in [0.25, 0.3) is 0 Å². The van der Waals surface area contributed by atoms with Crippen molar-refractivity contribution in [1.29, 1.82) is 0 Å². The van der Waals surface area contributed by atoms with Crippen LogP contribution in [0, 0.1) is 5.41 Å². The average molecular weight is 342 g/mol. The molecular weight excluding hydrogens is 312 g/mol. The highest BCUT2D eigenvalue weighted by molar-refractivity contribution is 5.94. The summed E-state index contributed by atoms with van der Waals surface area (Å²) < 4.78 is 0. The minimum Gasteiger partial charge on any atom is -0.357 e. The summed E-state index contributed by atoms with van der Waals surface area (Å²) in [4.78, 5) is 19.0. The summed E-state index contributed by atoms with van der Waals surface area (Å²) in [6.07, 6.45) is 6.32. The van der Waals surface area contributed by atoms with Crippen molar-refractivity contribution in [3.05, 3.63) is 35.4 Å². The topological polar surface area (TPSA) is 56.7 Å². The molecule has 2 N–H and O–H groups in total. The van der Waals surface area contributed by atoms with Gasteiger partial charge in [0.1, 0.15) is 0 Å². The van der Waals surface area contributed by atoms with Gasteiger partial charge in [0.2, 0.25) is 0 Å². The molecule has 1 aliphatic heterocycles. The summed E-state index contributed by atoms with van der Waals surface area (Å²) in [5, 5.41) is 6.12. The number of likely N-dealkylation sites (tertiary alicyclic amines) is 1. The van der Waals surface area contributed by atoms with E-state index in [4.69, 9.17) is 4.99 Å². The summed E-state index contributed by atoms with van der Waals surface area (Å²) in [5.74, 6) is 1.01. The van der Waals surface area contributed by atoms with E-state index in [1.807, 2.05) is 18.2 Å². The molecule has 5 nitrogen and oxygen atoms in total. The molecule has 2 aliphatic rings. The fourth-order valence-corrected chi connectivity index (χ4v) is 3.93. The minimum absolute atomic E-state index is 0.0402. The average Bonchev–Trinajstić information content (AvgIpc) is 3.06. The highest BCUT2D eigenvalue weighted by atomic mass is 16.1. The van der Waals surface area contributed by atoms with Crippen molar-refractivity contribution >= 4 is 11.9 Å². The van der Waals surface area contributed by atoms with Crippen LogP contribution >= 0.6 is 0 Å². The molecule has 1 spiro atoms. The van der Waals surface area contributed by atoms with E-state index in [1.54, 1.807) is 7.05 Å². The van der Waals surface area contributed by atoms with Crippen LogP contribution in [-0.4, -0.2) is 50.0 Å². The number of guanidine groups is 1. The molecule has 1 saturated heterocycles. The van der Waals surface area contributed by atoms with Gasteiger partial charge < -0.3 is 15.5 Å². The first-order valence-electron chi connectivity index (χ1n) is 9.50. The molecule has 1 amide bonds. The third-order valence-corrected chi connectivity index (χ3v) is 5.57. The molecule has 1 aliphatic carbocycles. The molecule has 1 saturated carbocycles. The molecule has 0 bridgehead atoms. The molecule has 0 atom stereocenters. The van der Waals surface area contributed by atoms with Gasteiger partial charge in [0.25, 0.3) is 5.91 Å². The predicted molar refractivity (Wildman–Crippen MR) is 102 cm³/mol. The normalized spacial score (nSPS) is 19.0. The Morgan fingerprint density at radius 2 is 2.16 bits per heavy atom. The molecule has 1 aromatic rings. The predicted octanol–water partition coefficient (Wildman–Crippen LogP) is 2.43. The zero-order chi connectivity index (χ0) is 17.7. The molecule has 3 rings (SSSR count). The quantitative estimate of drug-likeness (QED) is 0.638. The van der Waals surface area contributed by atoms with E-state index in [-0.39, 0.29) is 5.91 Å². The summed E-state index contributed by atoms with van der Waals surface area (Å²) in [7, 11) is 1.66. The number of carbonyl (C=O) groups excluding carboxylic acids is 1. The Morgan fingerprint density at radius 3 is 2.80 bits per heavy atom. The molecule has 0 unspecified atom stereocenters. The highest BCUT2D eigenvalue weighted by Gasteiger charge is 2.43. The van der Waals surface area contributed by atoms with Crippen molar-refractivity contribution in [2.24, 2.45) is 10.4 Å². The highest BCUT2D eigenvalue weighted by Crippen LogP contribution is 2.47. The van der Waals surface area contributed by atoms with Gasteiger partial charge in [0.05, 0.1) is 0 Å². The maximum Gasteiger partial charge on any atom is 0.251 e. The van der Waals surface area contributed by atoms with E-state index in [9.17, 15) is 4.79 Å². The molecule has 0 aromatic heterocycles. The van der Waals surface area contributed by atoms with E-state index >= 15 is 0 Å². The lowest BCUT2D eigenvalue weighted by Gasteiger charge is -2.38. The largest absolute Gasteiger partial charge is 0.357 e. The number of aliphatic imine (C=N–C) groups is 1. The second kappa shape index (κ2) is 7.89. The van der Waals surface area contributed by atoms with Gasteiger partial charge in [-0.25, -0.2) is 0 Å². The smallest absolute Gasteiger partial charge is 0.251 e. The van der Waals surface area contributed by atoms with Gasteiger partial charge in [-0.1, -0.05) is 18.6 Å². The number of carbonyl (C=O) groups is 1. The molecule has 25 heavy (non-hydrogen) atoms. The molecule has 0 radical (unpaired) electrons. The van der Waals surface area contributed by atoms with Crippen LogP contribution in [-0.2, 0) is 6.42 Å². The maximum absolute atomic E-state index is 11.7. The number of amides is 1. The van der Waals surface area contributed by atoms with Gasteiger partial charge in [-0.3, -0.25) is 9.79 Å². The Labute approximate surface area is 150 Å². The Kier molecular flexibility index (Phi) is 5.61. The lowest BCUT2D eigenvalue weighted by molar-refractivity contribution is 0.0963. The molecule has 1 heterocycles. The van der Waals surface area contributed by atoms with Crippen LogP contribution in [0.1, 0.15) is 48.5 Å². The second-order valence-electron chi connectivity index (χ2n) is 7.29. The molecule has 5 heteroatoms. The fraction of sp³-hybridized carbons (Fsp3) is 0.600. The first-order valence-corrected chi connectivity index (χ1v) is 9.50. The Morgan fingerprint density at radius 1 is 1.32 bits per heavy atom. The summed E-state index contributed by atoms with van der Waals surface area (Å²) in [6, 6.07) is 7.81. The van der Waals surface area contributed by atoms with Crippen LogP contribution in [0.15, 0.2) is 29.3 Å². The number of hydrogen-bond donors (Lipinski definition) is 2. The van der Waals surface area contributed by atoms with Gasteiger partial charge >= 0.3 is 0 Å². The maximum atomic E-state index is 11.7. The number of benzene rings is 1. The molecule has 136 valence electrons. The van der Waals surface area contributed by atoms with E-state index in [0.717, 1.165) is 44.1 Å². The fourth-order valence-electron chi connectivity index (χ4n) is 3.93. The third-order valence-electron chi connectivity index (χ3n) is 5.57. The van der Waals surface area contributed by atoms with E-state index in [1.165, 1.54) is 25.7 Å². The van der Waals surface area contributed by atoms with Gasteiger partial charge in [-0.15, -0.1) is 0 Å². The summed E-state index contributed by atoms with van der Waals surface area (Å²) >= 11 is 0. The number of hydrogen-bond acceptors (Lipinski definition) is 2. The first-order chi connectivity index (χ1) is 12.2. The lowest BCUT2D eigenvalue weighted by Crippen LogP contribution is -2.42. The minimum atomic E-state index is -0.0402. The molecule has 2 fully saturated rings. The van der Waals surface area contributed by atoms with Gasteiger partial charge in [-0.05, 0) is 55.7 Å². The van der Waals surface area contributed by atoms with E-state index < -0.39 is 0 Å². The van der Waals surface area contributed by atoms with E-state index in [2.05, 4.69) is 28.5 Å². The van der Waals surface area contributed by atoms with Crippen LogP contribution in [0.3, 0.4) is 0 Å². The van der Waals surface area contributed by atoms with Gasteiger partial charge in [0, 0.05) is 38.8 Å². The molecular formula is C20H30N4O. The summed E-state index contributed by atoms with van der Waals surface area (Å²) in [5.41, 5.74) is 2.44. The van der Waals surface area contributed by atoms with Crippen molar-refractivity contribution in [3.63, 3.8) is 0 Å². The standard InChI is InChI=1S/C20H30N4O/c1-3-22-19(24-13-11-20(15-24)9-5-10-20)23-12-8-16-6-4-7-17(14-16)18(25)21-2/h4,6-7,14H,3,5,8-13,15H2,1-2H3,(H,21,25)(H,22,23). The zero-order valence-corrected chi connectivity index (χ0v) is 15.5.